The number of piperazine rings is 1. The molecule has 0 atom stereocenters. The van der Waals surface area contributed by atoms with Crippen molar-refractivity contribution in [3.8, 4) is 0 Å². The highest BCUT2D eigenvalue weighted by molar-refractivity contribution is 5.84. The molecule has 0 aliphatic carbocycles. The standard InChI is InChI=1S/C9H14F2N2O4/c1-17-6-9(10,11)7(14)12-2-4-13(5-3-12)8(15)16/h2-6H2,1H3,(H,15,16). The van der Waals surface area contributed by atoms with Gasteiger partial charge in [-0.3, -0.25) is 4.79 Å². The lowest BCUT2D eigenvalue weighted by Gasteiger charge is -2.34. The summed E-state index contributed by atoms with van der Waals surface area (Å²) in [4.78, 5) is 24.0. The predicted octanol–water partition coefficient (Wildman–Crippen LogP) is 0.0903. The number of carboxylic acid groups (broad SMARTS) is 1. The fraction of sp³-hybridized carbons (Fsp3) is 0.778. The minimum Gasteiger partial charge on any atom is -0.465 e. The Hall–Kier alpha value is -1.44. The summed E-state index contributed by atoms with van der Waals surface area (Å²) < 4.78 is 30.7. The van der Waals surface area contributed by atoms with Crippen LogP contribution in [0.3, 0.4) is 0 Å². The van der Waals surface area contributed by atoms with Gasteiger partial charge in [0.1, 0.15) is 6.61 Å². The Kier molecular flexibility index (Phi) is 4.22. The Morgan fingerprint density at radius 2 is 1.71 bits per heavy atom. The van der Waals surface area contributed by atoms with Gasteiger partial charge in [0.25, 0.3) is 5.91 Å². The topological polar surface area (TPSA) is 70.1 Å². The lowest BCUT2D eigenvalue weighted by molar-refractivity contribution is -0.166. The first-order valence-electron chi connectivity index (χ1n) is 5.02. The molecule has 0 aromatic heterocycles. The van der Waals surface area contributed by atoms with Gasteiger partial charge in [-0.25, -0.2) is 4.79 Å². The Bertz CT molecular complexity index is 303. The van der Waals surface area contributed by atoms with Gasteiger partial charge in [0.2, 0.25) is 0 Å². The monoisotopic (exact) mass is 252 g/mol. The Morgan fingerprint density at radius 1 is 1.24 bits per heavy atom. The molecule has 0 spiro atoms. The van der Waals surface area contributed by atoms with Crippen molar-refractivity contribution in [3.63, 3.8) is 0 Å². The Labute approximate surface area is 96.7 Å². The third kappa shape index (κ3) is 3.26. The molecule has 2 amide bonds. The molecule has 0 unspecified atom stereocenters. The minimum atomic E-state index is -3.56. The number of alkyl halides is 2. The molecule has 8 heteroatoms. The molecule has 0 aromatic rings. The predicted molar refractivity (Wildman–Crippen MR) is 53.0 cm³/mol. The summed E-state index contributed by atoms with van der Waals surface area (Å²) in [5, 5.41) is 8.66. The third-order valence-electron chi connectivity index (χ3n) is 2.48. The first-order valence-corrected chi connectivity index (χ1v) is 5.02. The van der Waals surface area contributed by atoms with Gasteiger partial charge < -0.3 is 19.6 Å². The molecule has 1 heterocycles. The molecular weight excluding hydrogens is 238 g/mol. The molecule has 1 aliphatic rings. The van der Waals surface area contributed by atoms with Crippen LogP contribution in [0.2, 0.25) is 0 Å². The molecule has 1 rings (SSSR count). The van der Waals surface area contributed by atoms with Gasteiger partial charge in [0, 0.05) is 33.3 Å². The van der Waals surface area contributed by atoms with Gasteiger partial charge in [0.15, 0.2) is 0 Å². The zero-order chi connectivity index (χ0) is 13.1. The number of hydrogen-bond donors (Lipinski definition) is 1. The zero-order valence-electron chi connectivity index (χ0n) is 9.36. The van der Waals surface area contributed by atoms with E-state index in [9.17, 15) is 18.4 Å². The van der Waals surface area contributed by atoms with Crippen LogP contribution in [0.1, 0.15) is 0 Å². The fourth-order valence-electron chi connectivity index (χ4n) is 1.58. The summed E-state index contributed by atoms with van der Waals surface area (Å²) in [5.74, 6) is -4.87. The van der Waals surface area contributed by atoms with Crippen LogP contribution < -0.4 is 0 Å². The van der Waals surface area contributed by atoms with E-state index in [4.69, 9.17) is 5.11 Å². The fourth-order valence-corrected chi connectivity index (χ4v) is 1.58. The summed E-state index contributed by atoms with van der Waals surface area (Å²) in [6, 6.07) is 0. The maximum absolute atomic E-state index is 13.2. The molecule has 17 heavy (non-hydrogen) atoms. The lowest BCUT2D eigenvalue weighted by Crippen LogP contribution is -2.55. The van der Waals surface area contributed by atoms with E-state index in [1.807, 2.05) is 0 Å². The third-order valence-corrected chi connectivity index (χ3v) is 2.48. The van der Waals surface area contributed by atoms with E-state index < -0.39 is 24.5 Å². The number of carbonyl (C=O) groups excluding carboxylic acids is 1. The Balaban J connectivity index is 2.54. The van der Waals surface area contributed by atoms with E-state index in [-0.39, 0.29) is 26.2 Å². The SMILES string of the molecule is COCC(F)(F)C(=O)N1CCN(C(=O)O)CC1. The van der Waals surface area contributed by atoms with Crippen LogP contribution in [0.15, 0.2) is 0 Å². The summed E-state index contributed by atoms with van der Waals surface area (Å²) in [5.41, 5.74) is 0. The van der Waals surface area contributed by atoms with Crippen LogP contribution in [0.5, 0.6) is 0 Å². The van der Waals surface area contributed by atoms with E-state index in [2.05, 4.69) is 4.74 Å². The second-order valence-corrected chi connectivity index (χ2v) is 3.70. The number of rotatable bonds is 3. The van der Waals surface area contributed by atoms with Crippen molar-refractivity contribution < 1.29 is 28.2 Å². The van der Waals surface area contributed by atoms with Gasteiger partial charge in [-0.2, -0.15) is 8.78 Å². The molecule has 98 valence electrons. The van der Waals surface area contributed by atoms with Crippen molar-refractivity contribution in [1.82, 2.24) is 9.80 Å². The van der Waals surface area contributed by atoms with E-state index in [1.54, 1.807) is 0 Å². The molecule has 0 saturated carbocycles. The first kappa shape index (κ1) is 13.6. The second kappa shape index (κ2) is 5.26. The quantitative estimate of drug-likeness (QED) is 0.772. The normalized spacial score (nSPS) is 17.1. The van der Waals surface area contributed by atoms with Crippen LogP contribution in [0.25, 0.3) is 0 Å². The van der Waals surface area contributed by atoms with Crippen molar-refractivity contribution in [3.05, 3.63) is 0 Å². The maximum Gasteiger partial charge on any atom is 0.407 e. The number of nitrogens with zero attached hydrogens (tertiary/aromatic N) is 2. The smallest absolute Gasteiger partial charge is 0.407 e. The van der Waals surface area contributed by atoms with Crippen LogP contribution in [0, 0.1) is 0 Å². The zero-order valence-corrected chi connectivity index (χ0v) is 9.36. The molecule has 1 N–H and O–H groups in total. The summed E-state index contributed by atoms with van der Waals surface area (Å²) in [6.07, 6.45) is -1.11. The molecule has 0 aromatic carbocycles. The van der Waals surface area contributed by atoms with Gasteiger partial charge in [-0.05, 0) is 0 Å². The molecule has 1 aliphatic heterocycles. The summed E-state index contributed by atoms with van der Waals surface area (Å²) in [6.45, 7) is -0.922. The van der Waals surface area contributed by atoms with Crippen LogP contribution in [-0.4, -0.2) is 72.7 Å². The Morgan fingerprint density at radius 3 is 2.12 bits per heavy atom. The number of halogens is 2. The molecule has 6 nitrogen and oxygen atoms in total. The van der Waals surface area contributed by atoms with Gasteiger partial charge >= 0.3 is 12.0 Å². The van der Waals surface area contributed by atoms with Gasteiger partial charge in [-0.1, -0.05) is 0 Å². The van der Waals surface area contributed by atoms with Crippen LogP contribution in [0.4, 0.5) is 13.6 Å². The first-order chi connectivity index (χ1) is 7.88. The number of amides is 2. The van der Waals surface area contributed by atoms with Crippen molar-refractivity contribution in [2.75, 3.05) is 39.9 Å². The van der Waals surface area contributed by atoms with E-state index in [0.717, 1.165) is 16.9 Å². The number of carbonyl (C=O) groups is 2. The minimum absolute atomic E-state index is 0.0234. The highest BCUT2D eigenvalue weighted by atomic mass is 19.3. The van der Waals surface area contributed by atoms with Crippen LogP contribution >= 0.6 is 0 Å². The molecule has 0 bridgehead atoms. The van der Waals surface area contributed by atoms with E-state index >= 15 is 0 Å². The average Bonchev–Trinajstić information content (AvgIpc) is 2.28. The molecule has 1 saturated heterocycles. The van der Waals surface area contributed by atoms with Crippen molar-refractivity contribution >= 4 is 12.0 Å². The highest BCUT2D eigenvalue weighted by Gasteiger charge is 2.43. The second-order valence-electron chi connectivity index (χ2n) is 3.70. The largest absolute Gasteiger partial charge is 0.465 e. The van der Waals surface area contributed by atoms with E-state index in [0.29, 0.717) is 0 Å². The molecular formula is C9H14F2N2O4. The average molecular weight is 252 g/mol. The lowest BCUT2D eigenvalue weighted by atomic mass is 10.2. The van der Waals surface area contributed by atoms with Gasteiger partial charge in [-0.15, -0.1) is 0 Å². The summed E-state index contributed by atoms with van der Waals surface area (Å²) >= 11 is 0. The van der Waals surface area contributed by atoms with Crippen molar-refractivity contribution in [1.29, 1.82) is 0 Å². The molecule has 0 radical (unpaired) electrons. The highest BCUT2D eigenvalue weighted by Crippen LogP contribution is 2.18. The van der Waals surface area contributed by atoms with Crippen molar-refractivity contribution in [2.45, 2.75) is 5.92 Å². The number of methoxy groups -OCH3 is 1. The van der Waals surface area contributed by atoms with E-state index in [1.165, 1.54) is 0 Å². The van der Waals surface area contributed by atoms with Gasteiger partial charge in [0.05, 0.1) is 0 Å². The number of ether oxygens (including phenoxy) is 1. The maximum atomic E-state index is 13.2. The van der Waals surface area contributed by atoms with Crippen molar-refractivity contribution in [2.24, 2.45) is 0 Å². The summed E-state index contributed by atoms with van der Waals surface area (Å²) in [7, 11) is 1.09. The molecule has 1 fully saturated rings. The van der Waals surface area contributed by atoms with Crippen LogP contribution in [-0.2, 0) is 9.53 Å². The number of hydrogen-bond acceptors (Lipinski definition) is 3.